The molecule has 1 N–H and O–H groups in total. The van der Waals surface area contributed by atoms with Crippen molar-refractivity contribution < 1.29 is 9.13 Å². The number of imidazole rings is 1. The Bertz CT molecular complexity index is 833. The predicted octanol–water partition coefficient (Wildman–Crippen LogP) is 3.88. The van der Waals surface area contributed by atoms with Crippen molar-refractivity contribution in [3.8, 4) is 0 Å². The van der Waals surface area contributed by atoms with Gasteiger partial charge in [-0.3, -0.25) is 9.47 Å². The number of piperidine rings is 1. The maximum absolute atomic E-state index is 13.7. The molecule has 1 saturated heterocycles. The van der Waals surface area contributed by atoms with Gasteiger partial charge in [-0.15, -0.1) is 12.4 Å². The number of benzene rings is 1. The molecule has 27 heavy (non-hydrogen) atoms. The summed E-state index contributed by atoms with van der Waals surface area (Å²) < 4.78 is 20.9. The van der Waals surface area contributed by atoms with E-state index in [0.717, 1.165) is 51.6 Å². The molecule has 2 aromatic rings. The molecular weight excluding hydrogens is 369 g/mol. The van der Waals surface area contributed by atoms with Crippen LogP contribution in [0.1, 0.15) is 51.5 Å². The summed E-state index contributed by atoms with van der Waals surface area (Å²) in [7, 11) is 1.81. The lowest BCUT2D eigenvalue weighted by Gasteiger charge is -2.48. The molecule has 0 unspecified atom stereocenters. The second kappa shape index (κ2) is 7.94. The summed E-state index contributed by atoms with van der Waals surface area (Å²) in [6.45, 7) is 4.33. The van der Waals surface area contributed by atoms with E-state index in [0.29, 0.717) is 17.1 Å². The first kappa shape index (κ1) is 20.4. The monoisotopic (exact) mass is 397 g/mol. The zero-order valence-electron chi connectivity index (χ0n) is 16.0. The molecule has 1 aromatic carbocycles. The van der Waals surface area contributed by atoms with Crippen LogP contribution in [0.3, 0.4) is 0 Å². The molecule has 2 aliphatic rings. The first-order valence-corrected chi connectivity index (χ1v) is 9.68. The first-order valence-electron chi connectivity index (χ1n) is 9.68. The number of H-pyrrole nitrogens is 1. The van der Waals surface area contributed by atoms with Gasteiger partial charge in [0, 0.05) is 31.8 Å². The molecule has 0 bridgehead atoms. The molecule has 1 saturated carbocycles. The van der Waals surface area contributed by atoms with Gasteiger partial charge in [0.2, 0.25) is 0 Å². The van der Waals surface area contributed by atoms with E-state index in [1.807, 2.05) is 0 Å². The Morgan fingerprint density at radius 3 is 2.48 bits per heavy atom. The maximum Gasteiger partial charge on any atom is 0.326 e. The van der Waals surface area contributed by atoms with Crippen molar-refractivity contribution in [3.05, 3.63) is 34.5 Å². The zero-order chi connectivity index (χ0) is 18.3. The molecule has 0 radical (unpaired) electrons. The van der Waals surface area contributed by atoms with Gasteiger partial charge in [-0.1, -0.05) is 0 Å². The van der Waals surface area contributed by atoms with E-state index in [1.54, 1.807) is 17.7 Å². The number of methoxy groups -OCH3 is 1. The normalized spacial score (nSPS) is 27.6. The standard InChI is InChI=1S/C20H28FN3O2.ClH/c1-20(9-5-16(26-2)6-10-20)23-11-7-15(8-12-23)24-18-13-14(21)3-4-17(18)22-19(24)25;/h3-4,13,15-16H,5-12H2,1-2H3,(H,22,25);1H. The third-order valence-corrected chi connectivity index (χ3v) is 6.62. The molecule has 150 valence electrons. The molecule has 4 rings (SSSR count). The van der Waals surface area contributed by atoms with Gasteiger partial charge in [0.05, 0.1) is 17.1 Å². The van der Waals surface area contributed by atoms with Crippen LogP contribution in [0, 0.1) is 5.82 Å². The minimum Gasteiger partial charge on any atom is -0.381 e. The summed E-state index contributed by atoms with van der Waals surface area (Å²) in [6, 6.07) is 4.63. The van der Waals surface area contributed by atoms with Crippen molar-refractivity contribution in [3.63, 3.8) is 0 Å². The minimum absolute atomic E-state index is 0. The summed E-state index contributed by atoms with van der Waals surface area (Å²) in [5, 5.41) is 0. The SMILES string of the molecule is COC1CCC(C)(N2CCC(n3c(=O)[nH]c4ccc(F)cc43)CC2)CC1.Cl. The molecule has 1 aliphatic heterocycles. The highest BCUT2D eigenvalue weighted by atomic mass is 35.5. The van der Waals surface area contributed by atoms with E-state index < -0.39 is 0 Å². The van der Waals surface area contributed by atoms with E-state index in [9.17, 15) is 9.18 Å². The lowest BCUT2D eigenvalue weighted by molar-refractivity contribution is -0.0146. The fraction of sp³-hybridized carbons (Fsp3) is 0.650. The maximum atomic E-state index is 13.7. The van der Waals surface area contributed by atoms with Crippen LogP contribution in [-0.4, -0.2) is 46.3 Å². The predicted molar refractivity (Wildman–Crippen MR) is 107 cm³/mol. The lowest BCUT2D eigenvalue weighted by atomic mass is 9.79. The van der Waals surface area contributed by atoms with E-state index in [1.165, 1.54) is 12.1 Å². The Morgan fingerprint density at radius 2 is 1.85 bits per heavy atom. The van der Waals surface area contributed by atoms with Crippen LogP contribution in [0.2, 0.25) is 0 Å². The van der Waals surface area contributed by atoms with Crippen molar-refractivity contribution in [2.75, 3.05) is 20.2 Å². The van der Waals surface area contributed by atoms with Gasteiger partial charge in [0.15, 0.2) is 0 Å². The summed E-state index contributed by atoms with van der Waals surface area (Å²) in [5.74, 6) is -0.301. The lowest BCUT2D eigenvalue weighted by Crippen LogP contribution is -2.52. The number of aromatic nitrogens is 2. The van der Waals surface area contributed by atoms with Crippen LogP contribution >= 0.6 is 12.4 Å². The Kier molecular flexibility index (Phi) is 5.99. The number of nitrogens with zero attached hydrogens (tertiary/aromatic N) is 2. The number of aromatic amines is 1. The first-order chi connectivity index (χ1) is 12.5. The summed E-state index contributed by atoms with van der Waals surface area (Å²) in [6.07, 6.45) is 6.81. The number of nitrogens with one attached hydrogen (secondary N) is 1. The van der Waals surface area contributed by atoms with Crippen molar-refractivity contribution in [2.45, 2.75) is 63.1 Å². The van der Waals surface area contributed by atoms with Crippen molar-refractivity contribution in [2.24, 2.45) is 0 Å². The molecular formula is C20H29ClFN3O2. The summed E-state index contributed by atoms with van der Waals surface area (Å²) >= 11 is 0. The highest BCUT2D eigenvalue weighted by Crippen LogP contribution is 2.37. The largest absolute Gasteiger partial charge is 0.381 e. The molecule has 0 atom stereocenters. The third kappa shape index (κ3) is 3.80. The van der Waals surface area contributed by atoms with Crippen LogP contribution < -0.4 is 5.69 Å². The molecule has 0 spiro atoms. The molecule has 1 aliphatic carbocycles. The van der Waals surface area contributed by atoms with Crippen molar-refractivity contribution in [1.29, 1.82) is 0 Å². The number of halogens is 2. The van der Waals surface area contributed by atoms with Crippen LogP contribution in [0.25, 0.3) is 11.0 Å². The molecule has 2 fully saturated rings. The Balaban J connectivity index is 0.00000210. The number of hydrogen-bond donors (Lipinski definition) is 1. The summed E-state index contributed by atoms with van der Waals surface area (Å²) in [4.78, 5) is 17.9. The van der Waals surface area contributed by atoms with Gasteiger partial charge in [-0.25, -0.2) is 9.18 Å². The van der Waals surface area contributed by atoms with Crippen LogP contribution in [0.4, 0.5) is 4.39 Å². The fourth-order valence-electron chi connectivity index (χ4n) is 4.89. The van der Waals surface area contributed by atoms with Crippen LogP contribution in [0.15, 0.2) is 23.0 Å². The number of fused-ring (bicyclic) bond motifs is 1. The second-order valence-electron chi connectivity index (χ2n) is 8.11. The van der Waals surface area contributed by atoms with Crippen molar-refractivity contribution in [1.82, 2.24) is 14.5 Å². The van der Waals surface area contributed by atoms with Gasteiger partial charge >= 0.3 is 5.69 Å². The fourth-order valence-corrected chi connectivity index (χ4v) is 4.89. The molecule has 2 heterocycles. The minimum atomic E-state index is -0.301. The number of hydrogen-bond acceptors (Lipinski definition) is 3. The Morgan fingerprint density at radius 1 is 1.19 bits per heavy atom. The zero-order valence-corrected chi connectivity index (χ0v) is 16.9. The average molecular weight is 398 g/mol. The average Bonchev–Trinajstić information content (AvgIpc) is 2.97. The van der Waals surface area contributed by atoms with E-state index in [-0.39, 0.29) is 35.5 Å². The van der Waals surface area contributed by atoms with Crippen LogP contribution in [-0.2, 0) is 4.74 Å². The highest BCUT2D eigenvalue weighted by Gasteiger charge is 2.38. The molecule has 7 heteroatoms. The summed E-state index contributed by atoms with van der Waals surface area (Å²) in [5.41, 5.74) is 1.50. The van der Waals surface area contributed by atoms with Gasteiger partial charge in [-0.05, 0) is 63.6 Å². The quantitative estimate of drug-likeness (QED) is 0.855. The number of rotatable bonds is 3. The second-order valence-corrected chi connectivity index (χ2v) is 8.11. The van der Waals surface area contributed by atoms with E-state index >= 15 is 0 Å². The van der Waals surface area contributed by atoms with Gasteiger partial charge in [0.1, 0.15) is 5.82 Å². The Hall–Kier alpha value is -1.37. The number of likely N-dealkylation sites (tertiary alicyclic amines) is 1. The van der Waals surface area contributed by atoms with Crippen LogP contribution in [0.5, 0.6) is 0 Å². The molecule has 0 amide bonds. The molecule has 1 aromatic heterocycles. The van der Waals surface area contributed by atoms with Gasteiger partial charge < -0.3 is 9.72 Å². The third-order valence-electron chi connectivity index (χ3n) is 6.62. The van der Waals surface area contributed by atoms with Crippen molar-refractivity contribution >= 4 is 23.4 Å². The molecule has 5 nitrogen and oxygen atoms in total. The highest BCUT2D eigenvalue weighted by molar-refractivity contribution is 5.85. The van der Waals surface area contributed by atoms with E-state index in [2.05, 4.69) is 16.8 Å². The topological polar surface area (TPSA) is 50.3 Å². The van der Waals surface area contributed by atoms with Gasteiger partial charge in [0.25, 0.3) is 0 Å². The van der Waals surface area contributed by atoms with E-state index in [4.69, 9.17) is 4.74 Å². The Labute approximate surface area is 165 Å². The van der Waals surface area contributed by atoms with Gasteiger partial charge in [-0.2, -0.15) is 0 Å². The smallest absolute Gasteiger partial charge is 0.326 e. The number of ether oxygens (including phenoxy) is 1.